The van der Waals surface area contributed by atoms with Gasteiger partial charge in [-0.25, -0.2) is 12.7 Å². The first kappa shape index (κ1) is 18.0. The summed E-state index contributed by atoms with van der Waals surface area (Å²) < 4.78 is 27.2. The van der Waals surface area contributed by atoms with Crippen LogP contribution in [-0.4, -0.2) is 51.8 Å². The number of piperidine rings is 1. The lowest BCUT2D eigenvalue weighted by Crippen LogP contribution is -2.40. The van der Waals surface area contributed by atoms with Crippen molar-refractivity contribution < 1.29 is 8.42 Å². The Kier molecular flexibility index (Phi) is 5.19. The van der Waals surface area contributed by atoms with Gasteiger partial charge in [-0.1, -0.05) is 0 Å². The van der Waals surface area contributed by atoms with E-state index in [4.69, 9.17) is 0 Å². The molecule has 3 heterocycles. The predicted molar refractivity (Wildman–Crippen MR) is 96.5 cm³/mol. The van der Waals surface area contributed by atoms with Crippen LogP contribution in [0.4, 0.5) is 0 Å². The molecule has 1 aliphatic heterocycles. The summed E-state index contributed by atoms with van der Waals surface area (Å²) >= 11 is 0. The third-order valence-electron chi connectivity index (χ3n) is 4.61. The molecule has 0 unspecified atom stereocenters. The lowest BCUT2D eigenvalue weighted by Gasteiger charge is -2.31. The van der Waals surface area contributed by atoms with Crippen LogP contribution in [0.3, 0.4) is 0 Å². The Balaban J connectivity index is 1.86. The highest BCUT2D eigenvalue weighted by molar-refractivity contribution is 7.88. The Hall–Kier alpha value is -1.80. The predicted octanol–water partition coefficient (Wildman–Crippen LogP) is 2.14. The molecule has 136 valence electrons. The summed E-state index contributed by atoms with van der Waals surface area (Å²) in [7, 11) is -3.14. The molecule has 2 aromatic heterocycles. The Bertz CT molecular complexity index is 831. The van der Waals surface area contributed by atoms with Crippen molar-refractivity contribution in [3.05, 3.63) is 30.4 Å². The highest BCUT2D eigenvalue weighted by Gasteiger charge is 2.27. The molecule has 1 aliphatic rings. The number of hydrogen-bond donors (Lipinski definition) is 0. The summed E-state index contributed by atoms with van der Waals surface area (Å²) in [6.45, 7) is 5.33. The molecule has 7 nitrogen and oxygen atoms in total. The average molecular weight is 363 g/mol. The molecule has 0 bridgehead atoms. The Morgan fingerprint density at radius 2 is 2.00 bits per heavy atom. The van der Waals surface area contributed by atoms with E-state index in [1.54, 1.807) is 22.9 Å². The van der Waals surface area contributed by atoms with Gasteiger partial charge in [-0.2, -0.15) is 5.10 Å². The molecule has 1 atom stereocenters. The molecule has 1 saturated heterocycles. The van der Waals surface area contributed by atoms with Crippen LogP contribution >= 0.6 is 0 Å². The summed E-state index contributed by atoms with van der Waals surface area (Å²) in [4.78, 5) is 9.09. The third kappa shape index (κ3) is 4.07. The van der Waals surface area contributed by atoms with Gasteiger partial charge in [-0.05, 0) is 45.1 Å². The summed E-state index contributed by atoms with van der Waals surface area (Å²) in [6, 6.07) is 2.19. The van der Waals surface area contributed by atoms with Gasteiger partial charge in [0.2, 0.25) is 10.0 Å². The van der Waals surface area contributed by atoms with Crippen LogP contribution in [0.1, 0.15) is 38.4 Å². The maximum Gasteiger partial charge on any atom is 0.211 e. The Morgan fingerprint density at radius 1 is 1.24 bits per heavy atom. The van der Waals surface area contributed by atoms with Crippen LogP contribution in [0.5, 0.6) is 0 Å². The van der Waals surface area contributed by atoms with Crippen molar-refractivity contribution in [2.75, 3.05) is 19.3 Å². The zero-order valence-electron chi connectivity index (χ0n) is 15.0. The summed E-state index contributed by atoms with van der Waals surface area (Å²) in [5.74, 6) is 0.259. The smallest absolute Gasteiger partial charge is 0.211 e. The van der Waals surface area contributed by atoms with E-state index in [-0.39, 0.29) is 12.0 Å². The fraction of sp³-hybridized carbons (Fsp3) is 0.588. The average Bonchev–Trinajstić information content (AvgIpc) is 3.04. The molecule has 2 aromatic rings. The van der Waals surface area contributed by atoms with Gasteiger partial charge >= 0.3 is 0 Å². The van der Waals surface area contributed by atoms with Crippen molar-refractivity contribution in [1.29, 1.82) is 0 Å². The number of rotatable bonds is 5. The van der Waals surface area contributed by atoms with E-state index in [0.29, 0.717) is 13.1 Å². The van der Waals surface area contributed by atoms with Crippen LogP contribution in [0, 0.1) is 5.92 Å². The minimum atomic E-state index is -3.14. The van der Waals surface area contributed by atoms with E-state index in [9.17, 15) is 8.42 Å². The number of aromatic nitrogens is 4. The standard InChI is InChI=1S/C17H25N5O2S/c1-13(2)22-16(6-7-20-22)17-15(18-8-9-19-17)11-14-5-4-10-21(12-14)25(3,23)24/h6-9,13-14H,4-5,10-12H2,1-3H3/t14-/m1/s1. The molecule has 0 amide bonds. The summed E-state index contributed by atoms with van der Waals surface area (Å²) in [6.07, 6.45) is 9.07. The third-order valence-corrected chi connectivity index (χ3v) is 5.88. The van der Waals surface area contributed by atoms with Crippen LogP contribution in [0.15, 0.2) is 24.7 Å². The normalized spacial score (nSPS) is 19.4. The number of sulfonamides is 1. The van der Waals surface area contributed by atoms with E-state index >= 15 is 0 Å². The topological polar surface area (TPSA) is 81.0 Å². The SMILES string of the molecule is CC(C)n1nccc1-c1nccnc1C[C@H]1CCCN(S(C)(=O)=O)C1. The van der Waals surface area contributed by atoms with Crippen molar-refractivity contribution in [3.8, 4) is 11.4 Å². The second-order valence-electron chi connectivity index (χ2n) is 6.94. The van der Waals surface area contributed by atoms with Crippen molar-refractivity contribution in [2.24, 2.45) is 5.92 Å². The zero-order valence-corrected chi connectivity index (χ0v) is 15.8. The monoisotopic (exact) mass is 363 g/mol. The quantitative estimate of drug-likeness (QED) is 0.813. The second kappa shape index (κ2) is 7.21. The Labute approximate surface area is 149 Å². The largest absolute Gasteiger partial charge is 0.261 e. The fourth-order valence-electron chi connectivity index (χ4n) is 3.41. The fourth-order valence-corrected chi connectivity index (χ4v) is 4.35. The van der Waals surface area contributed by atoms with Crippen molar-refractivity contribution in [3.63, 3.8) is 0 Å². The number of hydrogen-bond acceptors (Lipinski definition) is 5. The summed E-state index contributed by atoms with van der Waals surface area (Å²) in [5.41, 5.74) is 2.70. The van der Waals surface area contributed by atoms with Gasteiger partial charge in [0, 0.05) is 37.7 Å². The highest BCUT2D eigenvalue weighted by Crippen LogP contribution is 2.27. The van der Waals surface area contributed by atoms with E-state index < -0.39 is 10.0 Å². The van der Waals surface area contributed by atoms with Gasteiger partial charge < -0.3 is 0 Å². The van der Waals surface area contributed by atoms with Crippen LogP contribution in [0.25, 0.3) is 11.4 Å². The minimum absolute atomic E-state index is 0.232. The molecule has 1 fully saturated rings. The van der Waals surface area contributed by atoms with E-state index in [2.05, 4.69) is 28.9 Å². The molecule has 0 aliphatic carbocycles. The molecule has 0 N–H and O–H groups in total. The lowest BCUT2D eigenvalue weighted by molar-refractivity contribution is 0.265. The lowest BCUT2D eigenvalue weighted by atomic mass is 9.93. The molecule has 25 heavy (non-hydrogen) atoms. The second-order valence-corrected chi connectivity index (χ2v) is 8.92. The van der Waals surface area contributed by atoms with Crippen molar-refractivity contribution in [1.82, 2.24) is 24.1 Å². The van der Waals surface area contributed by atoms with Gasteiger partial charge in [0.25, 0.3) is 0 Å². The minimum Gasteiger partial charge on any atom is -0.261 e. The first-order chi connectivity index (χ1) is 11.9. The van der Waals surface area contributed by atoms with Gasteiger partial charge in [-0.3, -0.25) is 14.6 Å². The molecule has 3 rings (SSSR count). The molecule has 0 aromatic carbocycles. The first-order valence-electron chi connectivity index (χ1n) is 8.65. The maximum absolute atomic E-state index is 11.8. The molecule has 0 saturated carbocycles. The van der Waals surface area contributed by atoms with Gasteiger partial charge in [0.15, 0.2) is 0 Å². The molecular formula is C17H25N5O2S. The van der Waals surface area contributed by atoms with Crippen LogP contribution in [0.2, 0.25) is 0 Å². The molecular weight excluding hydrogens is 338 g/mol. The zero-order chi connectivity index (χ0) is 18.0. The van der Waals surface area contributed by atoms with Crippen LogP contribution < -0.4 is 0 Å². The van der Waals surface area contributed by atoms with Gasteiger partial charge in [0.1, 0.15) is 5.69 Å². The van der Waals surface area contributed by atoms with Gasteiger partial charge in [0.05, 0.1) is 17.6 Å². The number of nitrogens with zero attached hydrogens (tertiary/aromatic N) is 5. The van der Waals surface area contributed by atoms with E-state index in [1.807, 2.05) is 10.7 Å². The van der Waals surface area contributed by atoms with Crippen LogP contribution in [-0.2, 0) is 16.4 Å². The van der Waals surface area contributed by atoms with Crippen molar-refractivity contribution >= 4 is 10.0 Å². The molecule has 0 radical (unpaired) electrons. The van der Waals surface area contributed by atoms with Gasteiger partial charge in [-0.15, -0.1) is 0 Å². The summed E-state index contributed by atoms with van der Waals surface area (Å²) in [5, 5.41) is 4.39. The Morgan fingerprint density at radius 3 is 2.72 bits per heavy atom. The first-order valence-corrected chi connectivity index (χ1v) is 10.5. The molecule has 8 heteroatoms. The van der Waals surface area contributed by atoms with E-state index in [1.165, 1.54) is 6.26 Å². The van der Waals surface area contributed by atoms with Crippen molar-refractivity contribution in [2.45, 2.75) is 39.2 Å². The molecule has 0 spiro atoms. The van der Waals surface area contributed by atoms with E-state index in [0.717, 1.165) is 36.3 Å². The maximum atomic E-state index is 11.8. The highest BCUT2D eigenvalue weighted by atomic mass is 32.2.